The Labute approximate surface area is 162 Å². The van der Waals surface area contributed by atoms with Crippen molar-refractivity contribution in [3.8, 4) is 0 Å². The minimum Gasteiger partial charge on any atom is -0.390 e. The van der Waals surface area contributed by atoms with Crippen molar-refractivity contribution in [3.63, 3.8) is 0 Å². The van der Waals surface area contributed by atoms with Gasteiger partial charge in [-0.2, -0.15) is 0 Å². The smallest absolute Gasteiger partial charge is 0.258 e. The molecule has 0 saturated heterocycles. The van der Waals surface area contributed by atoms with Gasteiger partial charge in [0.25, 0.3) is 5.91 Å². The Morgan fingerprint density at radius 2 is 2.04 bits per heavy atom. The first kappa shape index (κ1) is 18.6. The Hall–Kier alpha value is -1.23. The third kappa shape index (κ3) is 3.81. The summed E-state index contributed by atoms with van der Waals surface area (Å²) in [6.07, 6.45) is 2.96. The van der Waals surface area contributed by atoms with Crippen LogP contribution in [0.4, 0.5) is 10.7 Å². The number of carbonyl (C=O) groups excluding carboxylic acids is 1. The van der Waals surface area contributed by atoms with E-state index in [0.29, 0.717) is 32.2 Å². The zero-order chi connectivity index (χ0) is 18.4. The number of nitrogen functional groups attached to an aromatic ring is 1. The molecule has 134 valence electrons. The molecule has 0 radical (unpaired) electrons. The van der Waals surface area contributed by atoms with E-state index in [4.69, 9.17) is 28.9 Å². The van der Waals surface area contributed by atoms with Crippen molar-refractivity contribution in [1.82, 2.24) is 0 Å². The average Bonchev–Trinajstić information content (AvgIpc) is 2.84. The number of hydrogen-bond donors (Lipinski definition) is 2. The third-order valence-corrected chi connectivity index (χ3v) is 6.55. The lowest BCUT2D eigenvalue weighted by atomic mass is 9.72. The monoisotopic (exact) mass is 396 g/mol. The summed E-state index contributed by atoms with van der Waals surface area (Å²) in [5.41, 5.74) is 8.71. The van der Waals surface area contributed by atoms with Gasteiger partial charge >= 0.3 is 0 Å². The molecule has 1 aromatic carbocycles. The number of anilines is 2. The SMILES string of the molecule is CC(C)(C)C1CCc2c(sc(N)c2C(=O)Nc2ccc(Cl)cc2Cl)C1. The summed E-state index contributed by atoms with van der Waals surface area (Å²) >= 11 is 13.6. The van der Waals surface area contributed by atoms with Crippen LogP contribution in [0.15, 0.2) is 18.2 Å². The summed E-state index contributed by atoms with van der Waals surface area (Å²) in [6, 6.07) is 5.01. The highest BCUT2D eigenvalue weighted by Crippen LogP contribution is 2.43. The van der Waals surface area contributed by atoms with Crippen molar-refractivity contribution < 1.29 is 4.79 Å². The van der Waals surface area contributed by atoms with Gasteiger partial charge in [-0.3, -0.25) is 4.79 Å². The largest absolute Gasteiger partial charge is 0.390 e. The zero-order valence-corrected chi connectivity index (χ0v) is 16.9. The van der Waals surface area contributed by atoms with Gasteiger partial charge in [0.15, 0.2) is 0 Å². The van der Waals surface area contributed by atoms with Crippen LogP contribution in [0.5, 0.6) is 0 Å². The van der Waals surface area contributed by atoms with Crippen LogP contribution in [-0.4, -0.2) is 5.91 Å². The number of amides is 1. The van der Waals surface area contributed by atoms with Gasteiger partial charge in [0.2, 0.25) is 0 Å². The molecule has 1 atom stereocenters. The minimum absolute atomic E-state index is 0.201. The van der Waals surface area contributed by atoms with Crippen molar-refractivity contribution in [2.75, 3.05) is 11.1 Å². The first-order valence-electron chi connectivity index (χ1n) is 8.33. The van der Waals surface area contributed by atoms with E-state index in [1.165, 1.54) is 4.88 Å². The van der Waals surface area contributed by atoms with E-state index in [-0.39, 0.29) is 11.3 Å². The molecule has 1 aliphatic rings. The molecule has 1 amide bonds. The molecule has 3 rings (SSSR count). The summed E-state index contributed by atoms with van der Waals surface area (Å²) < 4.78 is 0. The number of nitrogens with two attached hydrogens (primary N) is 1. The number of benzene rings is 1. The molecule has 6 heteroatoms. The molecular weight excluding hydrogens is 375 g/mol. The van der Waals surface area contributed by atoms with Crippen molar-refractivity contribution in [2.45, 2.75) is 40.0 Å². The fourth-order valence-corrected chi connectivity index (χ4v) is 5.02. The first-order valence-corrected chi connectivity index (χ1v) is 9.90. The van der Waals surface area contributed by atoms with E-state index in [1.807, 2.05) is 0 Å². The Morgan fingerprint density at radius 3 is 2.68 bits per heavy atom. The lowest BCUT2D eigenvalue weighted by Crippen LogP contribution is -2.27. The minimum atomic E-state index is -0.201. The van der Waals surface area contributed by atoms with E-state index in [0.717, 1.165) is 24.8 Å². The second-order valence-corrected chi connectivity index (χ2v) is 9.61. The Balaban J connectivity index is 1.86. The van der Waals surface area contributed by atoms with Crippen LogP contribution in [0.25, 0.3) is 0 Å². The second-order valence-electron chi connectivity index (χ2n) is 7.63. The molecule has 3 nitrogen and oxygen atoms in total. The van der Waals surface area contributed by atoms with Gasteiger partial charge < -0.3 is 11.1 Å². The molecule has 1 aliphatic carbocycles. The van der Waals surface area contributed by atoms with Crippen LogP contribution in [-0.2, 0) is 12.8 Å². The number of nitrogens with one attached hydrogen (secondary N) is 1. The molecule has 25 heavy (non-hydrogen) atoms. The van der Waals surface area contributed by atoms with Crippen LogP contribution in [0, 0.1) is 11.3 Å². The zero-order valence-electron chi connectivity index (χ0n) is 14.6. The van der Waals surface area contributed by atoms with E-state index in [1.54, 1.807) is 29.5 Å². The maximum Gasteiger partial charge on any atom is 0.258 e. The molecule has 2 aromatic rings. The summed E-state index contributed by atoms with van der Waals surface area (Å²) in [5.74, 6) is 0.410. The highest BCUT2D eigenvalue weighted by molar-refractivity contribution is 7.16. The van der Waals surface area contributed by atoms with Crippen molar-refractivity contribution in [3.05, 3.63) is 44.2 Å². The van der Waals surface area contributed by atoms with Crippen molar-refractivity contribution >= 4 is 51.1 Å². The maximum absolute atomic E-state index is 12.8. The molecule has 0 saturated carbocycles. The summed E-state index contributed by atoms with van der Waals surface area (Å²) in [6.45, 7) is 6.82. The molecule has 3 N–H and O–H groups in total. The van der Waals surface area contributed by atoms with Gasteiger partial charge in [-0.1, -0.05) is 44.0 Å². The molecule has 1 heterocycles. The fourth-order valence-electron chi connectivity index (χ4n) is 3.37. The standard InChI is InChI=1S/C19H22Cl2N2OS/c1-19(2,3)10-4-6-12-15(8-10)25-17(22)16(12)18(24)23-14-7-5-11(20)9-13(14)21/h5,7,9-10H,4,6,8,22H2,1-3H3,(H,23,24). The van der Waals surface area contributed by atoms with Gasteiger partial charge in [-0.25, -0.2) is 0 Å². The molecule has 0 bridgehead atoms. The quantitative estimate of drug-likeness (QED) is 0.649. The number of hydrogen-bond acceptors (Lipinski definition) is 3. The number of fused-ring (bicyclic) bond motifs is 1. The van der Waals surface area contributed by atoms with E-state index < -0.39 is 0 Å². The number of thiophene rings is 1. The second kappa shape index (κ2) is 6.82. The fraction of sp³-hybridized carbons (Fsp3) is 0.421. The lowest BCUT2D eigenvalue weighted by Gasteiger charge is -2.33. The first-order chi connectivity index (χ1) is 11.7. The Kier molecular flexibility index (Phi) is 5.06. The van der Waals surface area contributed by atoms with Crippen molar-refractivity contribution in [2.24, 2.45) is 11.3 Å². The number of halogens is 2. The molecule has 1 aromatic heterocycles. The van der Waals surface area contributed by atoms with Gasteiger partial charge in [0.05, 0.1) is 21.3 Å². The highest BCUT2D eigenvalue weighted by Gasteiger charge is 2.33. The Bertz CT molecular complexity index is 824. The van der Waals surface area contributed by atoms with Crippen molar-refractivity contribution in [1.29, 1.82) is 0 Å². The highest BCUT2D eigenvalue weighted by atomic mass is 35.5. The van der Waals surface area contributed by atoms with Crippen LogP contribution in [0.2, 0.25) is 10.0 Å². The van der Waals surface area contributed by atoms with Gasteiger partial charge in [0, 0.05) is 9.90 Å². The van der Waals surface area contributed by atoms with Crippen LogP contribution in [0.3, 0.4) is 0 Å². The van der Waals surface area contributed by atoms with Crippen LogP contribution >= 0.6 is 34.5 Å². The summed E-state index contributed by atoms with van der Waals surface area (Å²) in [5, 5.41) is 4.40. The van der Waals surface area contributed by atoms with Crippen LogP contribution in [0.1, 0.15) is 48.0 Å². The molecule has 0 spiro atoms. The summed E-state index contributed by atoms with van der Waals surface area (Å²) in [4.78, 5) is 14.1. The van der Waals surface area contributed by atoms with E-state index >= 15 is 0 Å². The lowest BCUT2D eigenvalue weighted by molar-refractivity contribution is 0.102. The number of carbonyl (C=O) groups is 1. The predicted molar refractivity (Wildman–Crippen MR) is 108 cm³/mol. The van der Waals surface area contributed by atoms with E-state index in [2.05, 4.69) is 26.1 Å². The molecule has 0 aliphatic heterocycles. The molecule has 0 fully saturated rings. The molecule has 1 unspecified atom stereocenters. The molecular formula is C19H22Cl2N2OS. The number of rotatable bonds is 2. The average molecular weight is 397 g/mol. The summed E-state index contributed by atoms with van der Waals surface area (Å²) in [7, 11) is 0. The predicted octanol–water partition coefficient (Wildman–Crippen LogP) is 6.04. The maximum atomic E-state index is 12.8. The van der Waals surface area contributed by atoms with Gasteiger partial charge in [0.1, 0.15) is 0 Å². The van der Waals surface area contributed by atoms with E-state index in [9.17, 15) is 4.79 Å². The topological polar surface area (TPSA) is 55.1 Å². The van der Waals surface area contributed by atoms with Gasteiger partial charge in [-0.05, 0) is 54.4 Å². The van der Waals surface area contributed by atoms with Crippen LogP contribution < -0.4 is 11.1 Å². The normalized spacial score (nSPS) is 17.2. The third-order valence-electron chi connectivity index (χ3n) is 4.92. The van der Waals surface area contributed by atoms with Gasteiger partial charge in [-0.15, -0.1) is 11.3 Å². The Morgan fingerprint density at radius 1 is 1.32 bits per heavy atom.